The van der Waals surface area contributed by atoms with Crippen LogP contribution in [-0.4, -0.2) is 30.1 Å². The zero-order valence-corrected chi connectivity index (χ0v) is 14.0. The maximum absolute atomic E-state index is 4.76. The first-order valence-electron chi connectivity index (χ1n) is 7.98. The zero-order valence-electron chi connectivity index (χ0n) is 14.0. The molecule has 0 saturated heterocycles. The number of hydrogen-bond donors (Lipinski definition) is 1. The minimum absolute atomic E-state index is 0.357. The molecule has 1 aromatic rings. The number of anilines is 1. The van der Waals surface area contributed by atoms with Crippen molar-refractivity contribution in [2.45, 2.75) is 52.5 Å². The largest absolute Gasteiger partial charge is 0.372 e. The highest BCUT2D eigenvalue weighted by molar-refractivity contribution is 5.48. The molecule has 0 aliphatic heterocycles. The topological polar surface area (TPSA) is 41.1 Å². The van der Waals surface area contributed by atoms with Gasteiger partial charge in [0.25, 0.3) is 0 Å². The molecule has 0 unspecified atom stereocenters. The van der Waals surface area contributed by atoms with Gasteiger partial charge in [-0.15, -0.1) is 6.58 Å². The minimum atomic E-state index is 0.357. The fourth-order valence-corrected chi connectivity index (χ4v) is 2.13. The van der Waals surface area contributed by atoms with Gasteiger partial charge in [0.15, 0.2) is 0 Å². The fourth-order valence-electron chi connectivity index (χ4n) is 2.13. The molecule has 1 heterocycles. The lowest BCUT2D eigenvalue weighted by molar-refractivity contribution is 0.648. The molecule has 0 fully saturated rings. The fraction of sp³-hybridized carbons (Fsp3) is 0.647. The molecular formula is C17H30N4. The highest BCUT2D eigenvalue weighted by atomic mass is 15.1. The molecule has 0 atom stereocenters. The van der Waals surface area contributed by atoms with Gasteiger partial charge in [0.05, 0.1) is 17.6 Å². The van der Waals surface area contributed by atoms with Gasteiger partial charge in [0.2, 0.25) is 0 Å². The lowest BCUT2D eigenvalue weighted by Crippen LogP contribution is -2.24. The Hall–Kier alpha value is -1.42. The molecule has 0 aliphatic rings. The Morgan fingerprint density at radius 2 is 2.19 bits per heavy atom. The SMILES string of the molecule is C=CCCCN(C)c1cnc(C(C)C)nc1CNCCC. The smallest absolute Gasteiger partial charge is 0.131 e. The van der Waals surface area contributed by atoms with Crippen LogP contribution in [0.3, 0.4) is 0 Å². The molecular weight excluding hydrogens is 260 g/mol. The molecule has 118 valence electrons. The van der Waals surface area contributed by atoms with Crippen LogP contribution in [0.15, 0.2) is 18.9 Å². The summed E-state index contributed by atoms with van der Waals surface area (Å²) in [7, 11) is 2.11. The van der Waals surface area contributed by atoms with Crippen LogP contribution in [0, 0.1) is 0 Å². The molecule has 4 nitrogen and oxygen atoms in total. The first kappa shape index (κ1) is 17.6. The van der Waals surface area contributed by atoms with Crippen LogP contribution in [0.25, 0.3) is 0 Å². The van der Waals surface area contributed by atoms with Crippen LogP contribution in [0.5, 0.6) is 0 Å². The van der Waals surface area contributed by atoms with Crippen molar-refractivity contribution >= 4 is 5.69 Å². The van der Waals surface area contributed by atoms with Crippen LogP contribution in [0.1, 0.15) is 57.5 Å². The third-order valence-electron chi connectivity index (χ3n) is 3.41. The van der Waals surface area contributed by atoms with Gasteiger partial charge in [-0.25, -0.2) is 9.97 Å². The second-order valence-corrected chi connectivity index (χ2v) is 5.74. The van der Waals surface area contributed by atoms with E-state index in [-0.39, 0.29) is 0 Å². The van der Waals surface area contributed by atoms with Gasteiger partial charge in [0.1, 0.15) is 5.82 Å². The van der Waals surface area contributed by atoms with Crippen LogP contribution in [0.2, 0.25) is 0 Å². The Balaban J connectivity index is 2.85. The van der Waals surface area contributed by atoms with Crippen LogP contribution < -0.4 is 10.2 Å². The van der Waals surface area contributed by atoms with E-state index >= 15 is 0 Å². The van der Waals surface area contributed by atoms with Gasteiger partial charge in [-0.05, 0) is 25.8 Å². The number of nitrogens with one attached hydrogen (secondary N) is 1. The molecule has 0 aromatic carbocycles. The van der Waals surface area contributed by atoms with E-state index in [1.807, 2.05) is 12.3 Å². The van der Waals surface area contributed by atoms with Crippen molar-refractivity contribution in [3.8, 4) is 0 Å². The lowest BCUT2D eigenvalue weighted by atomic mass is 10.2. The maximum atomic E-state index is 4.76. The number of nitrogens with zero attached hydrogens (tertiary/aromatic N) is 3. The van der Waals surface area contributed by atoms with Crippen molar-refractivity contribution in [3.63, 3.8) is 0 Å². The van der Waals surface area contributed by atoms with Crippen LogP contribution in [0.4, 0.5) is 5.69 Å². The summed E-state index contributed by atoms with van der Waals surface area (Å²) in [5, 5.41) is 3.45. The van der Waals surface area contributed by atoms with Gasteiger partial charge in [-0.1, -0.05) is 26.8 Å². The first-order chi connectivity index (χ1) is 10.1. The molecule has 0 radical (unpaired) electrons. The van der Waals surface area contributed by atoms with E-state index in [0.29, 0.717) is 5.92 Å². The van der Waals surface area contributed by atoms with E-state index in [0.717, 1.165) is 56.1 Å². The second-order valence-electron chi connectivity index (χ2n) is 5.74. The highest BCUT2D eigenvalue weighted by Crippen LogP contribution is 2.20. The molecule has 1 N–H and O–H groups in total. The molecule has 0 saturated carbocycles. The number of allylic oxidation sites excluding steroid dienone is 1. The van der Waals surface area contributed by atoms with Crippen LogP contribution >= 0.6 is 0 Å². The van der Waals surface area contributed by atoms with Crippen molar-refractivity contribution in [1.29, 1.82) is 0 Å². The number of unbranched alkanes of at least 4 members (excludes halogenated alkanes) is 1. The van der Waals surface area contributed by atoms with E-state index in [1.54, 1.807) is 0 Å². The first-order valence-corrected chi connectivity index (χ1v) is 7.98. The van der Waals surface area contributed by atoms with Gasteiger partial charge in [-0.2, -0.15) is 0 Å². The predicted molar refractivity (Wildman–Crippen MR) is 90.8 cm³/mol. The molecule has 4 heteroatoms. The van der Waals surface area contributed by atoms with Crippen molar-refractivity contribution < 1.29 is 0 Å². The maximum Gasteiger partial charge on any atom is 0.131 e. The van der Waals surface area contributed by atoms with E-state index < -0.39 is 0 Å². The van der Waals surface area contributed by atoms with E-state index in [4.69, 9.17) is 4.98 Å². The standard InChI is InChI=1S/C17H30N4/c1-6-8-9-11-21(5)16-13-19-17(14(3)4)20-15(16)12-18-10-7-2/h6,13-14,18H,1,7-12H2,2-5H3. The van der Waals surface area contributed by atoms with Crippen molar-refractivity contribution in [2.75, 3.05) is 25.0 Å². The molecule has 0 amide bonds. The molecule has 0 bridgehead atoms. The van der Waals surface area contributed by atoms with Gasteiger partial charge < -0.3 is 10.2 Å². The third kappa shape index (κ3) is 5.84. The summed E-state index contributed by atoms with van der Waals surface area (Å²) in [4.78, 5) is 11.5. The minimum Gasteiger partial charge on any atom is -0.372 e. The average molecular weight is 290 g/mol. The Bertz CT molecular complexity index is 429. The zero-order chi connectivity index (χ0) is 15.7. The Morgan fingerprint density at radius 1 is 1.43 bits per heavy atom. The van der Waals surface area contributed by atoms with Crippen molar-refractivity contribution in [3.05, 3.63) is 30.4 Å². The monoisotopic (exact) mass is 290 g/mol. The summed E-state index contributed by atoms with van der Waals surface area (Å²) in [5.74, 6) is 1.28. The molecule has 0 aliphatic carbocycles. The molecule has 1 rings (SSSR count). The summed E-state index contributed by atoms with van der Waals surface area (Å²) in [6.07, 6.45) is 7.22. The quantitative estimate of drug-likeness (QED) is 0.529. The Morgan fingerprint density at radius 3 is 2.81 bits per heavy atom. The van der Waals surface area contributed by atoms with E-state index in [1.165, 1.54) is 0 Å². The summed E-state index contributed by atoms with van der Waals surface area (Å²) in [6.45, 7) is 13.0. The Kier molecular flexibility index (Phi) is 7.98. The Labute approximate surface area is 129 Å². The number of aromatic nitrogens is 2. The van der Waals surface area contributed by atoms with E-state index in [9.17, 15) is 0 Å². The number of rotatable bonds is 10. The van der Waals surface area contributed by atoms with Gasteiger partial charge >= 0.3 is 0 Å². The average Bonchev–Trinajstić information content (AvgIpc) is 2.47. The van der Waals surface area contributed by atoms with Gasteiger partial charge in [-0.3, -0.25) is 0 Å². The van der Waals surface area contributed by atoms with Crippen molar-refractivity contribution in [1.82, 2.24) is 15.3 Å². The summed E-state index contributed by atoms with van der Waals surface area (Å²) in [6, 6.07) is 0. The van der Waals surface area contributed by atoms with E-state index in [2.05, 4.69) is 49.6 Å². The van der Waals surface area contributed by atoms with Crippen LogP contribution in [-0.2, 0) is 6.54 Å². The molecule has 1 aromatic heterocycles. The summed E-state index contributed by atoms with van der Waals surface area (Å²) in [5.41, 5.74) is 2.23. The lowest BCUT2D eigenvalue weighted by Gasteiger charge is -2.22. The second kappa shape index (κ2) is 9.50. The normalized spacial score (nSPS) is 10.9. The third-order valence-corrected chi connectivity index (χ3v) is 3.41. The summed E-state index contributed by atoms with van der Waals surface area (Å²) >= 11 is 0. The highest BCUT2D eigenvalue weighted by Gasteiger charge is 2.12. The van der Waals surface area contributed by atoms with Gasteiger partial charge in [0, 0.05) is 26.1 Å². The molecule has 21 heavy (non-hydrogen) atoms. The van der Waals surface area contributed by atoms with Crippen molar-refractivity contribution in [2.24, 2.45) is 0 Å². The molecule has 0 spiro atoms. The summed E-state index contributed by atoms with van der Waals surface area (Å²) < 4.78 is 0. The number of hydrogen-bond acceptors (Lipinski definition) is 4. The predicted octanol–water partition coefficient (Wildman–Crippen LogP) is 3.50.